The number of amides is 1. The lowest BCUT2D eigenvalue weighted by atomic mass is 9.96. The number of sulfonamides is 1. The average molecular weight is 337 g/mol. The van der Waals surface area contributed by atoms with Gasteiger partial charge in [-0.05, 0) is 38.8 Å². The number of carbonyl (C=O) groups is 1. The Kier molecular flexibility index (Phi) is 4.84. The van der Waals surface area contributed by atoms with Crippen molar-refractivity contribution in [3.05, 3.63) is 42.1 Å². The summed E-state index contributed by atoms with van der Waals surface area (Å²) < 4.78 is 31.6. The van der Waals surface area contributed by atoms with E-state index in [1.807, 2.05) is 6.92 Å². The van der Waals surface area contributed by atoms with Gasteiger partial charge >= 0.3 is 6.09 Å². The summed E-state index contributed by atoms with van der Waals surface area (Å²) >= 11 is 0. The Bertz CT molecular complexity index is 709. The number of benzene rings is 1. The zero-order chi connectivity index (χ0) is 17.3. The molecule has 1 aliphatic heterocycles. The molecule has 1 aromatic carbocycles. The Morgan fingerprint density at radius 3 is 2.39 bits per heavy atom. The molecule has 1 unspecified atom stereocenters. The number of hydrogen-bond donors (Lipinski definition) is 0. The van der Waals surface area contributed by atoms with Crippen LogP contribution in [0.5, 0.6) is 0 Å². The maximum Gasteiger partial charge on any atom is 0.429 e. The van der Waals surface area contributed by atoms with E-state index >= 15 is 0 Å². The number of unbranched alkanes of at least 4 members (excludes halogenated alkanes) is 2. The number of ether oxygens (including phenoxy) is 1. The summed E-state index contributed by atoms with van der Waals surface area (Å²) in [6, 6.07) is 6.35. The summed E-state index contributed by atoms with van der Waals surface area (Å²) in [6.45, 7) is 9.48. The molecule has 0 aromatic heterocycles. The summed E-state index contributed by atoms with van der Waals surface area (Å²) in [7, 11) is -4.00. The Hall–Kier alpha value is -1.82. The molecule has 126 valence electrons. The first-order chi connectivity index (χ1) is 10.7. The number of nitrogens with zero attached hydrogens (tertiary/aromatic N) is 1. The molecule has 1 saturated heterocycles. The van der Waals surface area contributed by atoms with Gasteiger partial charge in [-0.25, -0.2) is 13.2 Å². The van der Waals surface area contributed by atoms with Crippen LogP contribution >= 0.6 is 0 Å². The van der Waals surface area contributed by atoms with E-state index in [-0.39, 0.29) is 10.6 Å². The molecule has 0 bridgehead atoms. The van der Waals surface area contributed by atoms with Gasteiger partial charge in [-0.2, -0.15) is 4.31 Å². The Morgan fingerprint density at radius 2 is 1.83 bits per heavy atom. The quantitative estimate of drug-likeness (QED) is 0.736. The third-order valence-electron chi connectivity index (χ3n) is 4.15. The Labute approximate surface area is 138 Å². The Morgan fingerprint density at radius 1 is 1.22 bits per heavy atom. The third-order valence-corrected chi connectivity index (χ3v) is 5.87. The fourth-order valence-corrected chi connectivity index (χ4v) is 3.99. The lowest BCUT2D eigenvalue weighted by Gasteiger charge is -2.23. The van der Waals surface area contributed by atoms with Gasteiger partial charge in [0, 0.05) is 0 Å². The second-order valence-electron chi connectivity index (χ2n) is 6.09. The molecule has 0 saturated carbocycles. The van der Waals surface area contributed by atoms with Gasteiger partial charge in [-0.3, -0.25) is 0 Å². The molecule has 1 atom stereocenters. The normalized spacial score (nSPS) is 21.6. The molecule has 1 aromatic rings. The molecule has 1 fully saturated rings. The smallest absolute Gasteiger partial charge is 0.429 e. The van der Waals surface area contributed by atoms with E-state index in [1.165, 1.54) is 12.1 Å². The number of carbonyl (C=O) groups excluding carboxylic acids is 1. The zero-order valence-electron chi connectivity index (χ0n) is 13.8. The van der Waals surface area contributed by atoms with Crippen LogP contribution in [0, 0.1) is 6.92 Å². The summed E-state index contributed by atoms with van der Waals surface area (Å²) in [5.41, 5.74) is 0.152. The van der Waals surface area contributed by atoms with Gasteiger partial charge < -0.3 is 4.74 Å². The van der Waals surface area contributed by atoms with E-state index in [4.69, 9.17) is 4.74 Å². The number of hydrogen-bond acceptors (Lipinski definition) is 4. The first kappa shape index (κ1) is 17.5. The number of aryl methyl sites for hydroxylation is 1. The molecule has 6 heteroatoms. The molecule has 0 radical (unpaired) electrons. The van der Waals surface area contributed by atoms with Crippen molar-refractivity contribution in [3.63, 3.8) is 0 Å². The molecule has 0 aliphatic carbocycles. The van der Waals surface area contributed by atoms with Gasteiger partial charge in [0.2, 0.25) is 0 Å². The van der Waals surface area contributed by atoms with Crippen molar-refractivity contribution in [2.24, 2.45) is 0 Å². The number of rotatable bonds is 6. The van der Waals surface area contributed by atoms with E-state index < -0.39 is 21.7 Å². The van der Waals surface area contributed by atoms with E-state index in [2.05, 4.69) is 13.5 Å². The maximum absolute atomic E-state index is 12.7. The van der Waals surface area contributed by atoms with Crippen molar-refractivity contribution in [2.75, 3.05) is 0 Å². The molecule has 0 N–H and O–H groups in total. The fourth-order valence-electron chi connectivity index (χ4n) is 2.58. The van der Waals surface area contributed by atoms with Crippen LogP contribution in [-0.4, -0.2) is 24.4 Å². The van der Waals surface area contributed by atoms with E-state index in [0.29, 0.717) is 10.7 Å². The molecule has 2 rings (SSSR count). The molecule has 1 heterocycles. The van der Waals surface area contributed by atoms with E-state index in [1.54, 1.807) is 19.1 Å². The highest BCUT2D eigenvalue weighted by Gasteiger charge is 2.50. The highest BCUT2D eigenvalue weighted by atomic mass is 32.2. The van der Waals surface area contributed by atoms with Crippen LogP contribution in [0.2, 0.25) is 0 Å². The van der Waals surface area contributed by atoms with Gasteiger partial charge in [-0.1, -0.05) is 44.0 Å². The lowest BCUT2D eigenvalue weighted by Crippen LogP contribution is -2.32. The molecule has 23 heavy (non-hydrogen) atoms. The predicted molar refractivity (Wildman–Crippen MR) is 88.4 cm³/mol. The average Bonchev–Trinajstić information content (AvgIpc) is 2.70. The van der Waals surface area contributed by atoms with E-state index in [0.717, 1.165) is 24.8 Å². The Balaban J connectivity index is 2.30. The minimum absolute atomic E-state index is 0.0546. The predicted octanol–water partition coefficient (Wildman–Crippen LogP) is 3.99. The molecule has 0 spiro atoms. The first-order valence-corrected chi connectivity index (χ1v) is 9.21. The van der Waals surface area contributed by atoms with Crippen molar-refractivity contribution >= 4 is 16.1 Å². The summed E-state index contributed by atoms with van der Waals surface area (Å²) in [6.07, 6.45) is 2.55. The van der Waals surface area contributed by atoms with Gasteiger partial charge in [-0.15, -0.1) is 0 Å². The van der Waals surface area contributed by atoms with Crippen LogP contribution in [0.4, 0.5) is 4.79 Å². The summed E-state index contributed by atoms with van der Waals surface area (Å²) in [5.74, 6) is 0. The third kappa shape index (κ3) is 3.27. The molecular weight excluding hydrogens is 314 g/mol. The van der Waals surface area contributed by atoms with Crippen molar-refractivity contribution < 1.29 is 17.9 Å². The SMILES string of the molecule is C=C1N(S(=O)(=O)c2ccc(C)cc2)C(=O)OC1(C)CCCCC. The highest BCUT2D eigenvalue weighted by Crippen LogP contribution is 2.39. The van der Waals surface area contributed by atoms with Gasteiger partial charge in [0.15, 0.2) is 5.60 Å². The highest BCUT2D eigenvalue weighted by molar-refractivity contribution is 7.89. The van der Waals surface area contributed by atoms with Crippen molar-refractivity contribution in [3.8, 4) is 0 Å². The molecule has 1 aliphatic rings. The zero-order valence-corrected chi connectivity index (χ0v) is 14.6. The van der Waals surface area contributed by atoms with E-state index in [9.17, 15) is 13.2 Å². The molecule has 5 nitrogen and oxygen atoms in total. The van der Waals surface area contributed by atoms with Gasteiger partial charge in [0.05, 0.1) is 10.6 Å². The van der Waals surface area contributed by atoms with Crippen molar-refractivity contribution in [2.45, 2.75) is 57.0 Å². The minimum Gasteiger partial charge on any atom is -0.436 e. The molecule has 1 amide bonds. The van der Waals surface area contributed by atoms with Crippen molar-refractivity contribution in [1.82, 2.24) is 4.31 Å². The van der Waals surface area contributed by atoms with Crippen LogP contribution in [0.3, 0.4) is 0 Å². The van der Waals surface area contributed by atoms with Crippen molar-refractivity contribution in [1.29, 1.82) is 0 Å². The summed E-state index contributed by atoms with van der Waals surface area (Å²) in [4.78, 5) is 12.2. The second kappa shape index (κ2) is 6.35. The maximum atomic E-state index is 12.7. The lowest BCUT2D eigenvalue weighted by molar-refractivity contribution is 0.0749. The topological polar surface area (TPSA) is 63.7 Å². The first-order valence-electron chi connectivity index (χ1n) is 7.77. The monoisotopic (exact) mass is 337 g/mol. The summed E-state index contributed by atoms with van der Waals surface area (Å²) in [5, 5.41) is 0. The molecular formula is C17H23NO4S. The van der Waals surface area contributed by atoms with Crippen LogP contribution in [0.25, 0.3) is 0 Å². The number of cyclic esters (lactones) is 1. The minimum atomic E-state index is -4.00. The van der Waals surface area contributed by atoms with Gasteiger partial charge in [0.1, 0.15) is 0 Å². The largest absolute Gasteiger partial charge is 0.436 e. The standard InChI is InChI=1S/C17H23NO4S/c1-5-6-7-12-17(4)14(3)18(16(19)22-17)23(20,21)15-10-8-13(2)9-11-15/h8-11H,3,5-7,12H2,1-2,4H3. The van der Waals surface area contributed by atoms with Crippen LogP contribution in [0.15, 0.2) is 41.4 Å². The second-order valence-corrected chi connectivity index (χ2v) is 7.87. The van der Waals surface area contributed by atoms with Crippen LogP contribution in [-0.2, 0) is 14.8 Å². The van der Waals surface area contributed by atoms with Crippen LogP contribution in [0.1, 0.15) is 45.1 Å². The van der Waals surface area contributed by atoms with Crippen LogP contribution < -0.4 is 0 Å². The fraction of sp³-hybridized carbons (Fsp3) is 0.471. The van der Waals surface area contributed by atoms with Gasteiger partial charge in [0.25, 0.3) is 10.0 Å².